The second-order valence-corrected chi connectivity index (χ2v) is 9.25. The number of methoxy groups -OCH3 is 1. The predicted molar refractivity (Wildman–Crippen MR) is 125 cm³/mol. The van der Waals surface area contributed by atoms with Crippen LogP contribution in [0.1, 0.15) is 19.4 Å². The monoisotopic (exact) mass is 460 g/mol. The molecular formula is C21H24N4O4S2. The van der Waals surface area contributed by atoms with Crippen molar-refractivity contribution in [3.63, 3.8) is 0 Å². The van der Waals surface area contributed by atoms with Gasteiger partial charge in [-0.25, -0.2) is 4.98 Å². The van der Waals surface area contributed by atoms with Crippen LogP contribution >= 0.6 is 24.0 Å². The lowest BCUT2D eigenvalue weighted by molar-refractivity contribution is -0.122. The summed E-state index contributed by atoms with van der Waals surface area (Å²) in [6.45, 7) is 5.96. The zero-order chi connectivity index (χ0) is 22.1. The van der Waals surface area contributed by atoms with Gasteiger partial charge in [0.2, 0.25) is 0 Å². The Kier molecular flexibility index (Phi) is 6.42. The van der Waals surface area contributed by atoms with Crippen molar-refractivity contribution in [2.24, 2.45) is 0 Å². The van der Waals surface area contributed by atoms with Gasteiger partial charge >= 0.3 is 0 Å². The molecule has 1 amide bonds. The fraction of sp³-hybridized carbons (Fsp3) is 0.429. The molecule has 2 aromatic heterocycles. The average molecular weight is 461 g/mol. The van der Waals surface area contributed by atoms with Gasteiger partial charge in [0.25, 0.3) is 11.5 Å². The van der Waals surface area contributed by atoms with Gasteiger partial charge in [0.05, 0.1) is 35.8 Å². The topological polar surface area (TPSA) is 76.4 Å². The van der Waals surface area contributed by atoms with Crippen molar-refractivity contribution in [2.75, 3.05) is 38.3 Å². The number of ether oxygens (including phenoxy) is 2. The second-order valence-electron chi connectivity index (χ2n) is 7.57. The molecule has 2 saturated heterocycles. The molecule has 0 aliphatic carbocycles. The van der Waals surface area contributed by atoms with Crippen LogP contribution in [0.2, 0.25) is 0 Å². The Bertz CT molecular complexity index is 1110. The molecule has 0 spiro atoms. The van der Waals surface area contributed by atoms with Crippen molar-refractivity contribution in [1.29, 1.82) is 0 Å². The predicted octanol–water partition coefficient (Wildman–Crippen LogP) is 2.16. The van der Waals surface area contributed by atoms with Gasteiger partial charge in [-0.3, -0.25) is 18.9 Å². The Morgan fingerprint density at radius 1 is 1.29 bits per heavy atom. The van der Waals surface area contributed by atoms with Crippen LogP contribution in [0.25, 0.3) is 11.7 Å². The molecule has 0 radical (unpaired) electrons. The SMILES string of the molecule is COCCN1C(=O)/C(=C\c2c(N3C[C@@H](C)O[C@@H](C)C3)nc3ccccn3c2=O)SC1=S. The first-order valence-electron chi connectivity index (χ1n) is 10.0. The molecule has 8 nitrogen and oxygen atoms in total. The third-order valence-electron chi connectivity index (χ3n) is 5.14. The Labute approximate surface area is 189 Å². The summed E-state index contributed by atoms with van der Waals surface area (Å²) < 4.78 is 12.9. The number of nitrogens with zero attached hydrogens (tertiary/aromatic N) is 4. The number of carbonyl (C=O) groups is 1. The molecule has 4 heterocycles. The molecule has 0 N–H and O–H groups in total. The lowest BCUT2D eigenvalue weighted by Gasteiger charge is -2.36. The van der Waals surface area contributed by atoms with Gasteiger partial charge in [-0.1, -0.05) is 30.0 Å². The number of morpholine rings is 1. The maximum Gasteiger partial charge on any atom is 0.267 e. The van der Waals surface area contributed by atoms with Gasteiger partial charge in [-0.15, -0.1) is 0 Å². The number of thiocarbonyl (C=S) groups is 1. The minimum Gasteiger partial charge on any atom is -0.383 e. The van der Waals surface area contributed by atoms with Gasteiger partial charge in [-0.05, 0) is 32.1 Å². The van der Waals surface area contributed by atoms with Crippen molar-refractivity contribution >= 4 is 51.7 Å². The molecule has 2 atom stereocenters. The smallest absolute Gasteiger partial charge is 0.267 e. The Hall–Kier alpha value is -2.27. The molecule has 0 saturated carbocycles. The number of thioether (sulfide) groups is 1. The zero-order valence-corrected chi connectivity index (χ0v) is 19.2. The van der Waals surface area contributed by atoms with Gasteiger partial charge < -0.3 is 14.4 Å². The number of carbonyl (C=O) groups excluding carboxylic acids is 1. The summed E-state index contributed by atoms with van der Waals surface area (Å²) in [5, 5.41) is 0. The van der Waals surface area contributed by atoms with Crippen LogP contribution < -0.4 is 10.5 Å². The first-order chi connectivity index (χ1) is 14.9. The van der Waals surface area contributed by atoms with E-state index in [4.69, 9.17) is 26.7 Å². The van der Waals surface area contributed by atoms with Gasteiger partial charge in [0, 0.05) is 26.4 Å². The van der Waals surface area contributed by atoms with E-state index in [1.165, 1.54) is 21.1 Å². The molecule has 2 aliphatic rings. The third kappa shape index (κ3) is 4.38. The number of fused-ring (bicyclic) bond motifs is 1. The fourth-order valence-electron chi connectivity index (χ4n) is 3.82. The van der Waals surface area contributed by atoms with Gasteiger partial charge in [0.1, 0.15) is 15.8 Å². The number of hydrogen-bond acceptors (Lipinski definition) is 8. The molecule has 0 aromatic carbocycles. The van der Waals surface area contributed by atoms with E-state index < -0.39 is 0 Å². The Morgan fingerprint density at radius 2 is 2.03 bits per heavy atom. The van der Waals surface area contributed by atoms with Crippen molar-refractivity contribution < 1.29 is 14.3 Å². The van der Waals surface area contributed by atoms with E-state index in [0.717, 1.165) is 0 Å². The molecule has 10 heteroatoms. The standard InChI is InChI=1S/C21H24N4O4S2/c1-13-11-23(12-14(2)29-13)18-15(19(26)24-7-5-4-6-17(24)22-18)10-16-20(27)25(8-9-28-3)21(30)31-16/h4-7,10,13-14H,8-9,11-12H2,1-3H3/b16-10+/t13-,14+. The fourth-order valence-corrected chi connectivity index (χ4v) is 5.11. The van der Waals surface area contributed by atoms with Gasteiger partial charge in [-0.2, -0.15) is 0 Å². The molecule has 0 bridgehead atoms. The highest BCUT2D eigenvalue weighted by Crippen LogP contribution is 2.33. The van der Waals surface area contributed by atoms with Crippen molar-refractivity contribution in [3.05, 3.63) is 45.2 Å². The Balaban J connectivity index is 1.82. The molecule has 2 fully saturated rings. The number of pyridine rings is 1. The first-order valence-corrected chi connectivity index (χ1v) is 11.3. The van der Waals surface area contributed by atoms with Crippen LogP contribution in [0.4, 0.5) is 5.82 Å². The van der Waals surface area contributed by atoms with Crippen LogP contribution in [0.3, 0.4) is 0 Å². The summed E-state index contributed by atoms with van der Waals surface area (Å²) in [5.74, 6) is 0.333. The molecular weight excluding hydrogens is 436 g/mol. The number of hydrogen-bond donors (Lipinski definition) is 0. The highest BCUT2D eigenvalue weighted by molar-refractivity contribution is 8.26. The van der Waals surface area contributed by atoms with Crippen LogP contribution in [0, 0.1) is 0 Å². The Morgan fingerprint density at radius 3 is 2.74 bits per heavy atom. The van der Waals surface area contributed by atoms with Crippen molar-refractivity contribution in [1.82, 2.24) is 14.3 Å². The summed E-state index contributed by atoms with van der Waals surface area (Å²) in [7, 11) is 1.58. The number of amides is 1. The molecule has 31 heavy (non-hydrogen) atoms. The van der Waals surface area contributed by atoms with Crippen LogP contribution in [0.15, 0.2) is 34.1 Å². The van der Waals surface area contributed by atoms with Gasteiger partial charge in [0.15, 0.2) is 0 Å². The zero-order valence-electron chi connectivity index (χ0n) is 17.6. The summed E-state index contributed by atoms with van der Waals surface area (Å²) in [5.41, 5.74) is 0.700. The second kappa shape index (κ2) is 9.07. The normalized spacial score (nSPS) is 23.4. The summed E-state index contributed by atoms with van der Waals surface area (Å²) in [4.78, 5) is 35.1. The highest BCUT2D eigenvalue weighted by atomic mass is 32.2. The first kappa shape index (κ1) is 21.9. The maximum atomic E-state index is 13.4. The van der Waals surface area contributed by atoms with Crippen molar-refractivity contribution in [2.45, 2.75) is 26.1 Å². The van der Waals surface area contributed by atoms with E-state index in [1.54, 1.807) is 31.5 Å². The quantitative estimate of drug-likeness (QED) is 0.496. The largest absolute Gasteiger partial charge is 0.383 e. The van der Waals surface area contributed by atoms with E-state index in [-0.39, 0.29) is 23.7 Å². The summed E-state index contributed by atoms with van der Waals surface area (Å²) in [6.07, 6.45) is 3.31. The number of rotatable bonds is 5. The highest BCUT2D eigenvalue weighted by Gasteiger charge is 2.33. The molecule has 2 aromatic rings. The molecule has 164 valence electrons. The van der Waals surface area contributed by atoms with E-state index in [9.17, 15) is 9.59 Å². The summed E-state index contributed by atoms with van der Waals surface area (Å²) >= 11 is 6.56. The third-order valence-corrected chi connectivity index (χ3v) is 6.51. The minimum absolute atomic E-state index is 0.000112. The average Bonchev–Trinajstić information content (AvgIpc) is 3.00. The molecule has 0 unspecified atom stereocenters. The van der Waals surface area contributed by atoms with Crippen LogP contribution in [-0.4, -0.2) is 70.1 Å². The van der Waals surface area contributed by atoms with E-state index in [1.807, 2.05) is 19.9 Å². The molecule has 2 aliphatic heterocycles. The van der Waals surface area contributed by atoms with E-state index in [2.05, 4.69) is 4.90 Å². The van der Waals surface area contributed by atoms with Crippen LogP contribution in [0.5, 0.6) is 0 Å². The maximum absolute atomic E-state index is 13.4. The minimum atomic E-state index is -0.227. The molecule has 4 rings (SSSR count). The van der Waals surface area contributed by atoms with Crippen LogP contribution in [-0.2, 0) is 14.3 Å². The lowest BCUT2D eigenvalue weighted by atomic mass is 10.2. The van der Waals surface area contributed by atoms with Crippen molar-refractivity contribution in [3.8, 4) is 0 Å². The lowest BCUT2D eigenvalue weighted by Crippen LogP contribution is -2.46. The summed E-state index contributed by atoms with van der Waals surface area (Å²) in [6, 6.07) is 5.42. The number of anilines is 1. The van der Waals surface area contributed by atoms with E-state index >= 15 is 0 Å². The van der Waals surface area contributed by atoms with E-state index in [0.29, 0.717) is 52.5 Å². The number of aromatic nitrogens is 2.